The van der Waals surface area contributed by atoms with Crippen LogP contribution in [0.15, 0.2) is 0 Å². The Bertz CT molecular complexity index is 25.0. The Morgan fingerprint density at radius 1 is 0.625 bits per heavy atom. The third kappa shape index (κ3) is 5.68. The van der Waals surface area contributed by atoms with Crippen LogP contribution in [0.1, 0.15) is 0 Å². The van der Waals surface area contributed by atoms with E-state index in [2.05, 4.69) is 33.2 Å². The lowest BCUT2D eigenvalue weighted by molar-refractivity contribution is 0.299. The van der Waals surface area contributed by atoms with E-state index in [1.807, 2.05) is 0 Å². The molecule has 0 radical (unpaired) electrons. The summed E-state index contributed by atoms with van der Waals surface area (Å²) in [6, 6.07) is 0. The molecule has 10 N–H and O–H groups in total. The first-order valence-corrected chi connectivity index (χ1v) is 1.83. The van der Waals surface area contributed by atoms with Crippen molar-refractivity contribution in [2.45, 2.75) is 0 Å². The maximum Gasteiger partial charge on any atom is -0.164 e. The first kappa shape index (κ1) is 7.68. The maximum atomic E-state index is 4.77. The van der Waals surface area contributed by atoms with E-state index in [9.17, 15) is 0 Å². The average molecular weight is 122 g/mol. The second kappa shape index (κ2) is 6.68. The molecular weight excluding hydrogens is 112 g/mol. The fourth-order valence-corrected chi connectivity index (χ4v) is 0.135. The molecule has 0 aromatic carbocycles. The fraction of sp³-hybridized carbons (Fsp3) is 0. The summed E-state index contributed by atoms with van der Waals surface area (Å²) >= 11 is 0. The highest BCUT2D eigenvalue weighted by Gasteiger charge is 1.71. The molecule has 8 nitrogen and oxygen atoms in total. The highest BCUT2D eigenvalue weighted by molar-refractivity contribution is 4.06. The molecule has 0 aliphatic rings. The van der Waals surface area contributed by atoms with Crippen molar-refractivity contribution < 1.29 is 0 Å². The zero-order chi connectivity index (χ0) is 6.24. The number of nitrogens with two attached hydrogens (primary N) is 2. The average Bonchev–Trinajstić information content (AvgIpc) is 1.81. The zero-order valence-corrected chi connectivity index (χ0v) is 4.15. The van der Waals surface area contributed by atoms with Gasteiger partial charge < -0.3 is 0 Å². The number of hydrogen-bond acceptors (Lipinski definition) is 8. The minimum atomic E-state index is 2.09. The van der Waals surface area contributed by atoms with Crippen molar-refractivity contribution in [2.24, 2.45) is 11.7 Å². The van der Waals surface area contributed by atoms with Gasteiger partial charge in [-0.1, -0.05) is 0 Å². The van der Waals surface area contributed by atoms with Crippen molar-refractivity contribution >= 4 is 0 Å². The maximum absolute atomic E-state index is 4.77. The van der Waals surface area contributed by atoms with Crippen LogP contribution in [0.4, 0.5) is 0 Å². The van der Waals surface area contributed by atoms with E-state index in [1.165, 1.54) is 0 Å². The Hall–Kier alpha value is -0.320. The van der Waals surface area contributed by atoms with Gasteiger partial charge in [0.2, 0.25) is 0 Å². The van der Waals surface area contributed by atoms with E-state index >= 15 is 0 Å². The Morgan fingerprint density at radius 2 is 1.00 bits per heavy atom. The highest BCUT2D eigenvalue weighted by atomic mass is 15.9. The molecule has 0 aliphatic heterocycles. The van der Waals surface area contributed by atoms with E-state index < -0.39 is 0 Å². The summed E-state index contributed by atoms with van der Waals surface area (Å²) < 4.78 is 0. The molecule has 0 heterocycles. The van der Waals surface area contributed by atoms with Crippen LogP contribution in [0.3, 0.4) is 0 Å². The van der Waals surface area contributed by atoms with Gasteiger partial charge in [-0.25, -0.2) is 0 Å². The molecule has 0 saturated carbocycles. The van der Waals surface area contributed by atoms with Gasteiger partial charge in [0.1, 0.15) is 0 Å². The van der Waals surface area contributed by atoms with E-state index in [0.717, 1.165) is 0 Å². The standard InChI is InChI=1S/H10N8/c1-3-5-7-8-6-4-2/h3-8H,1-2H2. The monoisotopic (exact) mass is 122 g/mol. The second-order valence-electron chi connectivity index (χ2n) is 0.789. The van der Waals surface area contributed by atoms with Gasteiger partial charge in [-0.15, -0.1) is 0 Å². The SMILES string of the molecule is NNNNNNNN. The van der Waals surface area contributed by atoms with Crippen LogP contribution in [0.5, 0.6) is 0 Å². The Kier molecular flexibility index (Phi) is 6.41. The normalized spacial score (nSPS) is 9.75. The van der Waals surface area contributed by atoms with Crippen molar-refractivity contribution in [2.75, 3.05) is 0 Å². The van der Waals surface area contributed by atoms with Gasteiger partial charge in [-0.05, 0) is 0 Å². The van der Waals surface area contributed by atoms with E-state index in [0.29, 0.717) is 0 Å². The zero-order valence-electron chi connectivity index (χ0n) is 4.15. The summed E-state index contributed by atoms with van der Waals surface area (Å²) in [6.45, 7) is 0. The molecule has 0 fully saturated rings. The van der Waals surface area contributed by atoms with Gasteiger partial charge in [0.15, 0.2) is 0 Å². The first-order chi connectivity index (χ1) is 3.91. The smallest absolute Gasteiger partial charge is 0.164 e. The molecule has 0 atom stereocenters. The van der Waals surface area contributed by atoms with Gasteiger partial charge in [-0.2, -0.15) is 33.2 Å². The van der Waals surface area contributed by atoms with Crippen LogP contribution in [0.25, 0.3) is 0 Å². The van der Waals surface area contributed by atoms with Gasteiger partial charge in [0, 0.05) is 0 Å². The minimum absolute atomic E-state index is 2.09. The summed E-state index contributed by atoms with van der Waals surface area (Å²) in [7, 11) is 0. The fourth-order valence-electron chi connectivity index (χ4n) is 0.135. The van der Waals surface area contributed by atoms with Crippen LogP contribution >= 0.6 is 0 Å². The van der Waals surface area contributed by atoms with Gasteiger partial charge in [-0.3, -0.25) is 11.7 Å². The largest absolute Gasteiger partial charge is 0.257 e. The quantitative estimate of drug-likeness (QED) is 0.105. The first-order valence-electron chi connectivity index (χ1n) is 1.83. The summed E-state index contributed by atoms with van der Waals surface area (Å²) in [5.41, 5.74) is 13.5. The molecular formula is H10N8. The van der Waals surface area contributed by atoms with E-state index in [1.54, 1.807) is 0 Å². The van der Waals surface area contributed by atoms with Crippen molar-refractivity contribution in [1.29, 1.82) is 0 Å². The number of nitrogens with one attached hydrogen (secondary N) is 6. The van der Waals surface area contributed by atoms with Crippen molar-refractivity contribution in [3.8, 4) is 0 Å². The molecule has 0 rings (SSSR count). The molecule has 0 spiro atoms. The van der Waals surface area contributed by atoms with Crippen LogP contribution < -0.4 is 44.9 Å². The number of rotatable bonds is 5. The van der Waals surface area contributed by atoms with Crippen LogP contribution in [0, 0.1) is 0 Å². The molecule has 8 heavy (non-hydrogen) atoms. The highest BCUT2D eigenvalue weighted by Crippen LogP contribution is 1.16. The molecule has 0 amide bonds. The lowest BCUT2D eigenvalue weighted by Crippen LogP contribution is -2.61. The Morgan fingerprint density at radius 3 is 1.25 bits per heavy atom. The Labute approximate surface area is 46.1 Å². The summed E-state index contributed by atoms with van der Waals surface area (Å²) in [5, 5.41) is 0. The van der Waals surface area contributed by atoms with Gasteiger partial charge >= 0.3 is 0 Å². The lowest BCUT2D eigenvalue weighted by Gasteiger charge is -2.05. The molecule has 50 valence electrons. The van der Waals surface area contributed by atoms with Crippen LogP contribution in [-0.2, 0) is 0 Å². The molecule has 0 aliphatic carbocycles. The summed E-state index contributed by atoms with van der Waals surface area (Å²) in [4.78, 5) is 0. The van der Waals surface area contributed by atoms with Gasteiger partial charge in [0.25, 0.3) is 0 Å². The van der Waals surface area contributed by atoms with Crippen molar-refractivity contribution in [1.82, 2.24) is 33.2 Å². The number of hydrazine groups is 7. The third-order valence-corrected chi connectivity index (χ3v) is 0.332. The predicted octanol–water partition coefficient (Wildman–Crippen LogP) is -4.15. The van der Waals surface area contributed by atoms with E-state index in [-0.39, 0.29) is 0 Å². The summed E-state index contributed by atoms with van der Waals surface area (Å²) in [6.07, 6.45) is 0. The molecule has 0 aromatic heterocycles. The third-order valence-electron chi connectivity index (χ3n) is 0.332. The van der Waals surface area contributed by atoms with Crippen LogP contribution in [0.2, 0.25) is 0 Å². The van der Waals surface area contributed by atoms with Crippen molar-refractivity contribution in [3.05, 3.63) is 0 Å². The van der Waals surface area contributed by atoms with Crippen LogP contribution in [-0.4, -0.2) is 0 Å². The number of hydrogen-bond donors (Lipinski definition) is 8. The van der Waals surface area contributed by atoms with Crippen molar-refractivity contribution in [3.63, 3.8) is 0 Å². The summed E-state index contributed by atoms with van der Waals surface area (Å²) in [5.74, 6) is 9.54. The second-order valence-corrected chi connectivity index (χ2v) is 0.789. The topological polar surface area (TPSA) is 124 Å². The molecule has 0 unspecified atom stereocenters. The molecule has 8 heteroatoms. The minimum Gasteiger partial charge on any atom is -0.257 e. The molecule has 0 bridgehead atoms. The molecule has 0 saturated heterocycles. The molecule has 0 aromatic rings. The predicted molar refractivity (Wildman–Crippen MR) is 27.2 cm³/mol. The Balaban J connectivity index is 2.53. The van der Waals surface area contributed by atoms with E-state index in [4.69, 9.17) is 11.7 Å². The van der Waals surface area contributed by atoms with Gasteiger partial charge in [0.05, 0.1) is 0 Å². The lowest BCUT2D eigenvalue weighted by atomic mass is 12.1.